The van der Waals surface area contributed by atoms with Crippen molar-refractivity contribution >= 4 is 17.5 Å². The molecule has 2 rings (SSSR count). The van der Waals surface area contributed by atoms with Crippen molar-refractivity contribution in [1.82, 2.24) is 14.9 Å². The number of hydrazine groups is 1. The highest BCUT2D eigenvalue weighted by atomic mass is 16.2. The molecule has 18 heavy (non-hydrogen) atoms. The number of nitrogens with two attached hydrogens (primary N) is 1. The zero-order valence-electron chi connectivity index (χ0n) is 10.7. The summed E-state index contributed by atoms with van der Waals surface area (Å²) < 4.78 is 0. The van der Waals surface area contributed by atoms with Gasteiger partial charge in [0.1, 0.15) is 18.0 Å². The van der Waals surface area contributed by atoms with Crippen LogP contribution in [-0.4, -0.2) is 47.5 Å². The second-order valence-corrected chi connectivity index (χ2v) is 4.26. The van der Waals surface area contributed by atoms with Gasteiger partial charge in [-0.05, 0) is 6.42 Å². The zero-order valence-corrected chi connectivity index (χ0v) is 10.7. The summed E-state index contributed by atoms with van der Waals surface area (Å²) >= 11 is 0. The van der Waals surface area contributed by atoms with Crippen molar-refractivity contribution in [2.24, 2.45) is 5.84 Å². The van der Waals surface area contributed by atoms with Crippen LogP contribution in [0.5, 0.6) is 0 Å². The van der Waals surface area contributed by atoms with E-state index in [9.17, 15) is 4.79 Å². The van der Waals surface area contributed by atoms with Crippen molar-refractivity contribution in [3.8, 4) is 0 Å². The van der Waals surface area contributed by atoms with Crippen LogP contribution in [0.15, 0.2) is 6.33 Å². The lowest BCUT2D eigenvalue weighted by atomic mass is 10.2. The van der Waals surface area contributed by atoms with Crippen LogP contribution in [-0.2, 0) is 11.2 Å². The highest BCUT2D eigenvalue weighted by Crippen LogP contribution is 2.24. The Labute approximate surface area is 106 Å². The Hall–Kier alpha value is -1.89. The number of carbonyl (C=O) groups is 1. The minimum Gasteiger partial charge on any atom is -0.345 e. The molecule has 2 heterocycles. The van der Waals surface area contributed by atoms with Gasteiger partial charge < -0.3 is 15.2 Å². The number of rotatable bonds is 3. The molecule has 1 aliphatic rings. The van der Waals surface area contributed by atoms with Gasteiger partial charge in [0.15, 0.2) is 0 Å². The zero-order chi connectivity index (χ0) is 13.1. The molecule has 0 spiro atoms. The highest BCUT2D eigenvalue weighted by molar-refractivity contribution is 5.82. The Bertz CT molecular complexity index is 449. The molecule has 7 nitrogen and oxygen atoms in total. The molecule has 0 radical (unpaired) electrons. The van der Waals surface area contributed by atoms with Gasteiger partial charge in [-0.3, -0.25) is 4.79 Å². The van der Waals surface area contributed by atoms with Crippen LogP contribution in [0, 0.1) is 0 Å². The van der Waals surface area contributed by atoms with Gasteiger partial charge in [0, 0.05) is 25.7 Å². The summed E-state index contributed by atoms with van der Waals surface area (Å²) in [6.07, 6.45) is 2.22. The normalized spacial score (nSPS) is 16.1. The third-order valence-electron chi connectivity index (χ3n) is 3.17. The second kappa shape index (κ2) is 5.18. The first-order chi connectivity index (χ1) is 8.67. The van der Waals surface area contributed by atoms with Crippen LogP contribution in [0.1, 0.15) is 12.5 Å². The average Bonchev–Trinajstić information content (AvgIpc) is 2.40. The first-order valence-corrected chi connectivity index (χ1v) is 5.96. The molecule has 0 aliphatic carbocycles. The van der Waals surface area contributed by atoms with Crippen molar-refractivity contribution < 1.29 is 4.79 Å². The maximum Gasteiger partial charge on any atom is 0.241 e. The summed E-state index contributed by atoms with van der Waals surface area (Å²) in [5, 5.41) is 0. The van der Waals surface area contributed by atoms with Gasteiger partial charge in [-0.15, -0.1) is 0 Å². The van der Waals surface area contributed by atoms with Crippen LogP contribution >= 0.6 is 0 Å². The van der Waals surface area contributed by atoms with Crippen molar-refractivity contribution in [3.05, 3.63) is 11.9 Å². The predicted molar refractivity (Wildman–Crippen MR) is 69.1 cm³/mol. The number of anilines is 2. The molecule has 1 fully saturated rings. The summed E-state index contributed by atoms with van der Waals surface area (Å²) in [7, 11) is 1.81. The molecule has 0 aromatic carbocycles. The average molecular weight is 250 g/mol. The van der Waals surface area contributed by atoms with Crippen LogP contribution in [0.25, 0.3) is 0 Å². The predicted octanol–water partition coefficient (Wildman–Crippen LogP) is -0.397. The number of nitrogens with zero attached hydrogens (tertiary/aromatic N) is 4. The molecule has 3 N–H and O–H groups in total. The maximum absolute atomic E-state index is 11.7. The quantitative estimate of drug-likeness (QED) is 0.561. The fourth-order valence-corrected chi connectivity index (χ4v) is 2.06. The SMILES string of the molecule is CCc1c(NN)ncnc1N1CCN(C)C(=O)C1. The van der Waals surface area contributed by atoms with E-state index in [0.29, 0.717) is 18.9 Å². The Kier molecular flexibility index (Phi) is 3.61. The van der Waals surface area contributed by atoms with Crippen molar-refractivity contribution in [2.75, 3.05) is 37.0 Å². The van der Waals surface area contributed by atoms with Crippen LogP contribution < -0.4 is 16.2 Å². The Morgan fingerprint density at radius 1 is 1.44 bits per heavy atom. The topological polar surface area (TPSA) is 87.4 Å². The Balaban J connectivity index is 2.30. The van der Waals surface area contributed by atoms with E-state index in [4.69, 9.17) is 5.84 Å². The molecule has 1 saturated heterocycles. The number of hydrogen-bond donors (Lipinski definition) is 2. The lowest BCUT2D eigenvalue weighted by Crippen LogP contribution is -2.49. The van der Waals surface area contributed by atoms with E-state index in [1.54, 1.807) is 4.90 Å². The fourth-order valence-electron chi connectivity index (χ4n) is 2.06. The summed E-state index contributed by atoms with van der Waals surface area (Å²) in [4.78, 5) is 23.8. The molecule has 0 atom stereocenters. The molecule has 7 heteroatoms. The third-order valence-corrected chi connectivity index (χ3v) is 3.17. The first-order valence-electron chi connectivity index (χ1n) is 5.96. The number of hydrogen-bond acceptors (Lipinski definition) is 6. The van der Waals surface area contributed by atoms with E-state index in [1.807, 2.05) is 18.9 Å². The van der Waals surface area contributed by atoms with Gasteiger partial charge in [0.05, 0.1) is 6.54 Å². The van der Waals surface area contributed by atoms with E-state index in [2.05, 4.69) is 15.4 Å². The minimum atomic E-state index is 0.101. The molecule has 1 amide bonds. The Morgan fingerprint density at radius 2 is 2.22 bits per heavy atom. The number of carbonyl (C=O) groups excluding carboxylic acids is 1. The summed E-state index contributed by atoms with van der Waals surface area (Å²) in [5.41, 5.74) is 3.51. The number of nitrogens with one attached hydrogen (secondary N) is 1. The minimum absolute atomic E-state index is 0.101. The number of piperazine rings is 1. The molecule has 1 aliphatic heterocycles. The molecular formula is C11H18N6O. The first kappa shape index (κ1) is 12.6. The number of nitrogen functional groups attached to an aromatic ring is 1. The van der Waals surface area contributed by atoms with Gasteiger partial charge in [-0.25, -0.2) is 15.8 Å². The molecule has 0 unspecified atom stereocenters. The molecule has 0 saturated carbocycles. The van der Waals surface area contributed by atoms with Gasteiger partial charge in [0.25, 0.3) is 0 Å². The van der Waals surface area contributed by atoms with Crippen molar-refractivity contribution in [3.63, 3.8) is 0 Å². The fraction of sp³-hybridized carbons (Fsp3) is 0.545. The van der Waals surface area contributed by atoms with Crippen molar-refractivity contribution in [1.29, 1.82) is 0 Å². The smallest absolute Gasteiger partial charge is 0.241 e. The van der Waals surface area contributed by atoms with E-state index < -0.39 is 0 Å². The summed E-state index contributed by atoms with van der Waals surface area (Å²) in [6.45, 7) is 3.85. The van der Waals surface area contributed by atoms with Crippen LogP contribution in [0.2, 0.25) is 0 Å². The molecule has 0 bridgehead atoms. The summed E-state index contributed by atoms with van der Waals surface area (Å²) in [6, 6.07) is 0. The van der Waals surface area contributed by atoms with Gasteiger partial charge in [0.2, 0.25) is 5.91 Å². The highest BCUT2D eigenvalue weighted by Gasteiger charge is 2.24. The lowest BCUT2D eigenvalue weighted by molar-refractivity contribution is -0.129. The standard InChI is InChI=1S/C11H18N6O/c1-3-8-10(15-12)13-7-14-11(8)17-5-4-16(2)9(18)6-17/h7H,3-6,12H2,1-2H3,(H,13,14,15). The second-order valence-electron chi connectivity index (χ2n) is 4.26. The van der Waals surface area contributed by atoms with E-state index in [-0.39, 0.29) is 5.91 Å². The molecular weight excluding hydrogens is 232 g/mol. The van der Waals surface area contributed by atoms with Crippen molar-refractivity contribution in [2.45, 2.75) is 13.3 Å². The number of aromatic nitrogens is 2. The Morgan fingerprint density at radius 3 is 2.83 bits per heavy atom. The van der Waals surface area contributed by atoms with Gasteiger partial charge >= 0.3 is 0 Å². The van der Waals surface area contributed by atoms with Gasteiger partial charge in [-0.1, -0.05) is 6.92 Å². The van der Waals surface area contributed by atoms with Crippen LogP contribution in [0.3, 0.4) is 0 Å². The maximum atomic E-state index is 11.7. The van der Waals surface area contributed by atoms with Gasteiger partial charge in [-0.2, -0.15) is 0 Å². The van der Waals surface area contributed by atoms with E-state index in [1.165, 1.54) is 6.33 Å². The number of likely N-dealkylation sites (N-methyl/N-ethyl adjacent to an activating group) is 1. The third kappa shape index (κ3) is 2.21. The monoisotopic (exact) mass is 250 g/mol. The molecule has 98 valence electrons. The molecule has 1 aromatic rings. The van der Waals surface area contributed by atoms with Crippen LogP contribution in [0.4, 0.5) is 11.6 Å². The molecule has 1 aromatic heterocycles. The lowest BCUT2D eigenvalue weighted by Gasteiger charge is -2.33. The van der Waals surface area contributed by atoms with E-state index >= 15 is 0 Å². The summed E-state index contributed by atoms with van der Waals surface area (Å²) in [5.74, 6) is 6.95. The van der Waals surface area contributed by atoms with E-state index in [0.717, 1.165) is 24.3 Å². The number of amides is 1. The largest absolute Gasteiger partial charge is 0.345 e.